The molecule has 0 saturated heterocycles. The van der Waals surface area contributed by atoms with E-state index >= 15 is 0 Å². The minimum atomic E-state index is -0.264. The summed E-state index contributed by atoms with van der Waals surface area (Å²) in [4.78, 5) is 0.681. The summed E-state index contributed by atoms with van der Waals surface area (Å²) < 4.78 is 13.7. The molecule has 0 spiro atoms. The number of hydrogen-bond donors (Lipinski definition) is 2. The summed E-state index contributed by atoms with van der Waals surface area (Å²) in [5.41, 5.74) is 5.32. The minimum absolute atomic E-state index is 0.0293. The molecule has 0 aliphatic rings. The van der Waals surface area contributed by atoms with Gasteiger partial charge in [-0.05, 0) is 29.7 Å². The molecule has 1 aromatic carbocycles. The lowest BCUT2D eigenvalue weighted by molar-refractivity contribution is 0.630. The first kappa shape index (κ1) is 8.19. The molecule has 2 aromatic rings. The summed E-state index contributed by atoms with van der Waals surface area (Å²) in [6.45, 7) is 0. The van der Waals surface area contributed by atoms with Crippen molar-refractivity contribution in [1.82, 2.24) is 0 Å². The first-order chi connectivity index (χ1) is 6.16. The van der Waals surface area contributed by atoms with Crippen LogP contribution in [0.3, 0.4) is 0 Å². The van der Waals surface area contributed by atoms with Gasteiger partial charge in [-0.25, -0.2) is 4.39 Å². The number of hydrogen-bond acceptors (Lipinski definition) is 2. The highest BCUT2D eigenvalue weighted by atomic mass is 32.1. The van der Waals surface area contributed by atoms with Gasteiger partial charge in [0.25, 0.3) is 0 Å². The van der Waals surface area contributed by atoms with Crippen LogP contribution in [-0.2, 0) is 0 Å². The van der Waals surface area contributed by atoms with Crippen LogP contribution in [0.25, 0.3) is 10.1 Å². The molecular formula is C9H7FN2S. The van der Waals surface area contributed by atoms with Crippen LogP contribution in [0.4, 0.5) is 4.39 Å². The molecule has 1 heterocycles. The number of halogens is 1. The Morgan fingerprint density at radius 2 is 2.15 bits per heavy atom. The van der Waals surface area contributed by atoms with Gasteiger partial charge in [0, 0.05) is 4.70 Å². The van der Waals surface area contributed by atoms with Gasteiger partial charge in [0.2, 0.25) is 0 Å². The molecule has 2 nitrogen and oxygen atoms in total. The summed E-state index contributed by atoms with van der Waals surface area (Å²) in [7, 11) is 0. The molecule has 0 aliphatic carbocycles. The maximum atomic E-state index is 12.8. The molecule has 0 aliphatic heterocycles. The van der Waals surface area contributed by atoms with Crippen LogP contribution >= 0.6 is 11.3 Å². The molecule has 4 heteroatoms. The van der Waals surface area contributed by atoms with E-state index in [0.717, 1.165) is 10.1 Å². The highest BCUT2D eigenvalue weighted by molar-refractivity contribution is 7.20. The number of thiophene rings is 1. The van der Waals surface area contributed by atoms with Crippen molar-refractivity contribution in [3.63, 3.8) is 0 Å². The fourth-order valence-electron chi connectivity index (χ4n) is 1.15. The van der Waals surface area contributed by atoms with E-state index in [0.29, 0.717) is 4.88 Å². The lowest BCUT2D eigenvalue weighted by Crippen LogP contribution is -2.08. The predicted octanol–water partition coefficient (Wildman–Crippen LogP) is 2.32. The van der Waals surface area contributed by atoms with E-state index in [9.17, 15) is 4.39 Å². The average Bonchev–Trinajstić information content (AvgIpc) is 2.46. The Morgan fingerprint density at radius 3 is 2.85 bits per heavy atom. The first-order valence-corrected chi connectivity index (χ1v) is 4.52. The van der Waals surface area contributed by atoms with Crippen molar-refractivity contribution in [2.24, 2.45) is 5.73 Å². The maximum Gasteiger partial charge on any atom is 0.133 e. The van der Waals surface area contributed by atoms with Crippen molar-refractivity contribution >= 4 is 27.3 Å². The molecule has 0 bridgehead atoms. The Morgan fingerprint density at radius 1 is 1.38 bits per heavy atom. The lowest BCUT2D eigenvalue weighted by Gasteiger charge is -1.86. The number of nitrogens with one attached hydrogen (secondary N) is 1. The monoisotopic (exact) mass is 194 g/mol. The summed E-state index contributed by atoms with van der Waals surface area (Å²) in [6, 6.07) is 6.27. The predicted molar refractivity (Wildman–Crippen MR) is 52.8 cm³/mol. The Balaban J connectivity index is 2.68. The third kappa shape index (κ3) is 1.40. The fourth-order valence-corrected chi connectivity index (χ4v) is 2.05. The molecule has 0 radical (unpaired) electrons. The summed E-state index contributed by atoms with van der Waals surface area (Å²) in [5, 5.41) is 8.02. The third-order valence-corrected chi connectivity index (χ3v) is 2.89. The van der Waals surface area contributed by atoms with Gasteiger partial charge >= 0.3 is 0 Å². The SMILES string of the molecule is N=C(N)c1cc2cc(F)ccc2s1. The van der Waals surface area contributed by atoms with Gasteiger partial charge in [-0.15, -0.1) is 11.3 Å². The molecule has 0 atom stereocenters. The Hall–Kier alpha value is -1.42. The average molecular weight is 194 g/mol. The molecule has 0 saturated carbocycles. The van der Waals surface area contributed by atoms with Crippen LogP contribution in [0, 0.1) is 11.2 Å². The zero-order chi connectivity index (χ0) is 9.42. The van der Waals surface area contributed by atoms with Crippen LogP contribution in [0.5, 0.6) is 0 Å². The smallest absolute Gasteiger partial charge is 0.133 e. The van der Waals surface area contributed by atoms with Crippen molar-refractivity contribution in [2.75, 3.05) is 0 Å². The number of rotatable bonds is 1. The topological polar surface area (TPSA) is 49.9 Å². The Labute approximate surface area is 78.3 Å². The van der Waals surface area contributed by atoms with Crippen molar-refractivity contribution in [1.29, 1.82) is 5.41 Å². The number of fused-ring (bicyclic) bond motifs is 1. The molecule has 2 rings (SSSR count). The molecule has 0 fully saturated rings. The number of nitrogen functional groups attached to an aromatic ring is 1. The number of amidine groups is 1. The highest BCUT2D eigenvalue weighted by Gasteiger charge is 2.04. The van der Waals surface area contributed by atoms with E-state index in [-0.39, 0.29) is 11.7 Å². The van der Waals surface area contributed by atoms with Gasteiger partial charge < -0.3 is 5.73 Å². The van der Waals surface area contributed by atoms with Crippen molar-refractivity contribution in [3.05, 3.63) is 35.0 Å². The van der Waals surface area contributed by atoms with Gasteiger partial charge in [0.1, 0.15) is 11.7 Å². The number of benzene rings is 1. The first-order valence-electron chi connectivity index (χ1n) is 3.70. The minimum Gasteiger partial charge on any atom is -0.383 e. The molecule has 0 amide bonds. The highest BCUT2D eigenvalue weighted by Crippen LogP contribution is 2.25. The molecule has 0 unspecified atom stereocenters. The van der Waals surface area contributed by atoms with Crippen LogP contribution in [0.2, 0.25) is 0 Å². The zero-order valence-corrected chi connectivity index (χ0v) is 7.49. The second kappa shape index (κ2) is 2.81. The van der Waals surface area contributed by atoms with Crippen LogP contribution in [-0.4, -0.2) is 5.84 Å². The molecule has 3 N–H and O–H groups in total. The van der Waals surface area contributed by atoms with Crippen molar-refractivity contribution in [2.45, 2.75) is 0 Å². The van der Waals surface area contributed by atoms with E-state index in [4.69, 9.17) is 11.1 Å². The summed E-state index contributed by atoms with van der Waals surface area (Å²) in [5.74, 6) is -0.234. The van der Waals surface area contributed by atoms with Gasteiger partial charge in [-0.3, -0.25) is 5.41 Å². The van der Waals surface area contributed by atoms with E-state index in [1.807, 2.05) is 0 Å². The molecule has 66 valence electrons. The normalized spacial score (nSPS) is 10.5. The largest absolute Gasteiger partial charge is 0.383 e. The van der Waals surface area contributed by atoms with Gasteiger partial charge in [0.15, 0.2) is 0 Å². The lowest BCUT2D eigenvalue weighted by atomic mass is 10.2. The van der Waals surface area contributed by atoms with Crippen LogP contribution < -0.4 is 5.73 Å². The van der Waals surface area contributed by atoms with Gasteiger partial charge in [0.05, 0.1) is 4.88 Å². The van der Waals surface area contributed by atoms with Gasteiger partial charge in [-0.2, -0.15) is 0 Å². The molecule has 13 heavy (non-hydrogen) atoms. The fraction of sp³-hybridized carbons (Fsp3) is 0. The number of nitrogens with two attached hydrogens (primary N) is 1. The molecular weight excluding hydrogens is 187 g/mol. The second-order valence-corrected chi connectivity index (χ2v) is 3.79. The van der Waals surface area contributed by atoms with E-state index in [1.54, 1.807) is 12.1 Å². The van der Waals surface area contributed by atoms with Crippen LogP contribution in [0.15, 0.2) is 24.3 Å². The van der Waals surface area contributed by atoms with E-state index in [1.165, 1.54) is 23.5 Å². The summed E-state index contributed by atoms with van der Waals surface area (Å²) >= 11 is 1.40. The van der Waals surface area contributed by atoms with Gasteiger partial charge in [-0.1, -0.05) is 0 Å². The maximum absolute atomic E-state index is 12.8. The van der Waals surface area contributed by atoms with E-state index < -0.39 is 0 Å². The van der Waals surface area contributed by atoms with Crippen LogP contribution in [0.1, 0.15) is 4.88 Å². The zero-order valence-electron chi connectivity index (χ0n) is 6.67. The summed E-state index contributed by atoms with van der Waals surface area (Å²) in [6.07, 6.45) is 0. The third-order valence-electron chi connectivity index (χ3n) is 1.74. The molecule has 1 aromatic heterocycles. The van der Waals surface area contributed by atoms with E-state index in [2.05, 4.69) is 0 Å². The Bertz CT molecular complexity index is 475. The quantitative estimate of drug-likeness (QED) is 0.531. The Kier molecular flexibility index (Phi) is 1.77. The van der Waals surface area contributed by atoms with Crippen molar-refractivity contribution < 1.29 is 4.39 Å². The van der Waals surface area contributed by atoms with Crippen molar-refractivity contribution in [3.8, 4) is 0 Å². The second-order valence-electron chi connectivity index (χ2n) is 2.71. The standard InChI is InChI=1S/C9H7FN2S/c10-6-1-2-7-5(3-6)4-8(13-7)9(11)12/h1-4H,(H3,11,12).